The van der Waals surface area contributed by atoms with Crippen molar-refractivity contribution in [3.05, 3.63) is 60.2 Å². The first-order valence-electron chi connectivity index (χ1n) is 7.98. The Morgan fingerprint density at radius 2 is 1.52 bits per heavy atom. The van der Waals surface area contributed by atoms with Gasteiger partial charge in [0.1, 0.15) is 0 Å². The molecule has 0 saturated heterocycles. The molecule has 0 spiro atoms. The van der Waals surface area contributed by atoms with Crippen molar-refractivity contribution in [3.63, 3.8) is 0 Å². The van der Waals surface area contributed by atoms with E-state index < -0.39 is 14.4 Å². The van der Waals surface area contributed by atoms with Gasteiger partial charge >= 0.3 is 0 Å². The van der Waals surface area contributed by atoms with E-state index in [2.05, 4.69) is 58.1 Å². The van der Waals surface area contributed by atoms with Crippen LogP contribution in [-0.4, -0.2) is 8.32 Å². The molecule has 0 heterocycles. The van der Waals surface area contributed by atoms with E-state index in [0.717, 1.165) is 16.7 Å². The summed E-state index contributed by atoms with van der Waals surface area (Å²) in [6, 6.07) is 20.6. The molecule has 120 valence electrons. The molecule has 0 amide bonds. The lowest BCUT2D eigenvalue weighted by atomic mass is 9.97. The van der Waals surface area contributed by atoms with Crippen LogP contribution < -0.4 is 0 Å². The van der Waals surface area contributed by atoms with Crippen molar-refractivity contribution >= 4 is 8.32 Å². The van der Waals surface area contributed by atoms with Crippen LogP contribution in [0.1, 0.15) is 32.4 Å². The van der Waals surface area contributed by atoms with Crippen LogP contribution in [0, 0.1) is 11.3 Å². The van der Waals surface area contributed by atoms with E-state index in [9.17, 15) is 5.26 Å². The Labute approximate surface area is 140 Å². The average molecular weight is 324 g/mol. The highest BCUT2D eigenvalue weighted by molar-refractivity contribution is 6.74. The Kier molecular flexibility index (Phi) is 5.08. The molecule has 0 saturated carbocycles. The van der Waals surface area contributed by atoms with Crippen LogP contribution in [0.15, 0.2) is 54.6 Å². The zero-order valence-electron chi connectivity index (χ0n) is 14.6. The fourth-order valence-corrected chi connectivity index (χ4v) is 3.36. The van der Waals surface area contributed by atoms with Crippen molar-refractivity contribution in [1.82, 2.24) is 0 Å². The second kappa shape index (κ2) is 6.70. The van der Waals surface area contributed by atoms with E-state index in [1.54, 1.807) is 0 Å². The Balaban J connectivity index is 2.43. The van der Waals surface area contributed by atoms with E-state index in [1.165, 1.54) is 0 Å². The van der Waals surface area contributed by atoms with Gasteiger partial charge < -0.3 is 4.43 Å². The molecule has 0 aliphatic rings. The molecule has 0 fully saturated rings. The maximum atomic E-state index is 9.73. The minimum absolute atomic E-state index is 0.0732. The standard InChI is InChI=1S/C20H25NOSi/c1-20(2,3)23(4,5)22-19(15-21)18-14-10-9-13-17(18)16-11-7-6-8-12-16/h6-14,19H,1-5H3/t19-/m0/s1. The van der Waals surface area contributed by atoms with Crippen LogP contribution in [0.3, 0.4) is 0 Å². The maximum absolute atomic E-state index is 9.73. The topological polar surface area (TPSA) is 33.0 Å². The highest BCUT2D eigenvalue weighted by Crippen LogP contribution is 2.41. The zero-order chi connectivity index (χ0) is 17.1. The minimum atomic E-state index is -2.02. The van der Waals surface area contributed by atoms with Crippen LogP contribution in [0.5, 0.6) is 0 Å². The highest BCUT2D eigenvalue weighted by Gasteiger charge is 2.39. The predicted molar refractivity (Wildman–Crippen MR) is 98.5 cm³/mol. The first-order valence-corrected chi connectivity index (χ1v) is 10.9. The summed E-state index contributed by atoms with van der Waals surface area (Å²) in [6.45, 7) is 10.9. The van der Waals surface area contributed by atoms with Gasteiger partial charge in [0.05, 0.1) is 6.07 Å². The number of benzene rings is 2. The number of hydrogen-bond acceptors (Lipinski definition) is 2. The SMILES string of the molecule is CC(C)(C)[Si](C)(C)O[C@@H](C#N)c1ccccc1-c1ccccc1. The third kappa shape index (κ3) is 3.90. The number of nitrogens with zero attached hydrogens (tertiary/aromatic N) is 1. The lowest BCUT2D eigenvalue weighted by Gasteiger charge is -2.38. The minimum Gasteiger partial charge on any atom is -0.398 e. The molecule has 0 aliphatic heterocycles. The summed E-state index contributed by atoms with van der Waals surface area (Å²) in [7, 11) is -2.02. The van der Waals surface area contributed by atoms with Gasteiger partial charge in [-0.25, -0.2) is 0 Å². The Morgan fingerprint density at radius 1 is 0.957 bits per heavy atom. The van der Waals surface area contributed by atoms with E-state index in [-0.39, 0.29) is 5.04 Å². The summed E-state index contributed by atoms with van der Waals surface area (Å²) in [6.07, 6.45) is -0.535. The smallest absolute Gasteiger partial charge is 0.194 e. The molecule has 0 aliphatic carbocycles. The van der Waals surface area contributed by atoms with E-state index in [1.807, 2.05) is 36.4 Å². The van der Waals surface area contributed by atoms with E-state index in [4.69, 9.17) is 4.43 Å². The van der Waals surface area contributed by atoms with Gasteiger partial charge in [0.15, 0.2) is 14.4 Å². The van der Waals surface area contributed by atoms with Crippen molar-refractivity contribution in [1.29, 1.82) is 5.26 Å². The molecular weight excluding hydrogens is 298 g/mol. The van der Waals surface area contributed by atoms with Gasteiger partial charge in [-0.05, 0) is 29.3 Å². The summed E-state index contributed by atoms with van der Waals surface area (Å²) in [5, 5.41) is 9.80. The van der Waals surface area contributed by atoms with Gasteiger partial charge in [-0.1, -0.05) is 75.4 Å². The highest BCUT2D eigenvalue weighted by atomic mass is 28.4. The van der Waals surface area contributed by atoms with Crippen LogP contribution in [0.4, 0.5) is 0 Å². The van der Waals surface area contributed by atoms with Crippen molar-refractivity contribution in [3.8, 4) is 17.2 Å². The van der Waals surface area contributed by atoms with Crippen molar-refractivity contribution in [2.75, 3.05) is 0 Å². The van der Waals surface area contributed by atoms with Crippen LogP contribution in [-0.2, 0) is 4.43 Å². The molecule has 0 bridgehead atoms. The molecule has 0 aromatic heterocycles. The quantitative estimate of drug-likeness (QED) is 0.652. The molecule has 2 rings (SSSR count). The van der Waals surface area contributed by atoms with Crippen LogP contribution in [0.2, 0.25) is 18.1 Å². The van der Waals surface area contributed by atoms with Gasteiger partial charge in [0, 0.05) is 5.56 Å². The molecule has 2 aromatic carbocycles. The lowest BCUT2D eigenvalue weighted by molar-refractivity contribution is 0.236. The summed E-state index contributed by atoms with van der Waals surface area (Å²) < 4.78 is 6.38. The van der Waals surface area contributed by atoms with Crippen LogP contribution in [0.25, 0.3) is 11.1 Å². The van der Waals surface area contributed by atoms with Crippen LogP contribution >= 0.6 is 0 Å². The Hall–Kier alpha value is -1.89. The molecule has 0 unspecified atom stereocenters. The van der Waals surface area contributed by atoms with E-state index in [0.29, 0.717) is 0 Å². The Bertz CT molecular complexity index is 696. The predicted octanol–water partition coefficient (Wildman–Crippen LogP) is 5.94. The molecule has 0 radical (unpaired) electrons. The van der Waals surface area contributed by atoms with Gasteiger partial charge in [-0.3, -0.25) is 0 Å². The lowest BCUT2D eigenvalue weighted by Crippen LogP contribution is -2.41. The van der Waals surface area contributed by atoms with Crippen molar-refractivity contribution in [2.45, 2.75) is 45.0 Å². The normalized spacial score (nSPS) is 13.4. The van der Waals surface area contributed by atoms with Gasteiger partial charge in [0.25, 0.3) is 0 Å². The molecule has 3 heteroatoms. The number of nitriles is 1. The first kappa shape index (κ1) is 17.5. The van der Waals surface area contributed by atoms with Crippen molar-refractivity contribution in [2.24, 2.45) is 0 Å². The van der Waals surface area contributed by atoms with Gasteiger partial charge in [-0.15, -0.1) is 0 Å². The van der Waals surface area contributed by atoms with Gasteiger partial charge in [0.2, 0.25) is 0 Å². The third-order valence-electron chi connectivity index (χ3n) is 4.66. The second-order valence-electron chi connectivity index (χ2n) is 7.34. The van der Waals surface area contributed by atoms with Crippen molar-refractivity contribution < 1.29 is 4.43 Å². The molecule has 1 atom stereocenters. The summed E-state index contributed by atoms with van der Waals surface area (Å²) in [4.78, 5) is 0. The monoisotopic (exact) mass is 323 g/mol. The maximum Gasteiger partial charge on any atom is 0.194 e. The largest absolute Gasteiger partial charge is 0.398 e. The summed E-state index contributed by atoms with van der Waals surface area (Å²) >= 11 is 0. The third-order valence-corrected chi connectivity index (χ3v) is 9.10. The van der Waals surface area contributed by atoms with Gasteiger partial charge in [-0.2, -0.15) is 5.26 Å². The molecular formula is C20H25NOSi. The molecule has 2 aromatic rings. The molecule has 23 heavy (non-hydrogen) atoms. The summed E-state index contributed by atoms with van der Waals surface area (Å²) in [5.41, 5.74) is 3.13. The zero-order valence-corrected chi connectivity index (χ0v) is 15.6. The number of rotatable bonds is 4. The Morgan fingerprint density at radius 3 is 2.09 bits per heavy atom. The molecule has 2 nitrogen and oxygen atoms in total. The average Bonchev–Trinajstić information content (AvgIpc) is 2.52. The number of hydrogen-bond donors (Lipinski definition) is 0. The summed E-state index contributed by atoms with van der Waals surface area (Å²) in [5.74, 6) is 0. The first-order chi connectivity index (χ1) is 10.8. The molecule has 0 N–H and O–H groups in total. The fraction of sp³-hybridized carbons (Fsp3) is 0.350. The van der Waals surface area contributed by atoms with E-state index >= 15 is 0 Å². The second-order valence-corrected chi connectivity index (χ2v) is 12.1. The fourth-order valence-electron chi connectivity index (χ4n) is 2.24.